The van der Waals surface area contributed by atoms with Gasteiger partial charge in [-0.2, -0.15) is 0 Å². The Hall–Kier alpha value is -2.20. The van der Waals surface area contributed by atoms with E-state index in [1.54, 1.807) is 6.20 Å². The SMILES string of the molecule is CCc1ccc(Cn2c(CN)nc3cccnc32)cc1. The number of nitrogens with two attached hydrogens (primary N) is 1. The van der Waals surface area contributed by atoms with Crippen LogP contribution in [-0.4, -0.2) is 14.5 Å². The first kappa shape index (κ1) is 12.8. The summed E-state index contributed by atoms with van der Waals surface area (Å²) in [6.45, 7) is 3.34. The second-order valence-corrected chi connectivity index (χ2v) is 4.83. The maximum Gasteiger partial charge on any atom is 0.160 e. The first-order chi connectivity index (χ1) is 9.81. The summed E-state index contributed by atoms with van der Waals surface area (Å²) >= 11 is 0. The molecule has 0 aliphatic heterocycles. The van der Waals surface area contributed by atoms with Crippen LogP contribution >= 0.6 is 0 Å². The quantitative estimate of drug-likeness (QED) is 0.789. The molecular weight excluding hydrogens is 248 g/mol. The van der Waals surface area contributed by atoms with Crippen molar-refractivity contribution in [1.82, 2.24) is 14.5 Å². The molecule has 3 aromatic rings. The lowest BCUT2D eigenvalue weighted by molar-refractivity contribution is 0.737. The predicted molar refractivity (Wildman–Crippen MR) is 80.3 cm³/mol. The van der Waals surface area contributed by atoms with E-state index in [4.69, 9.17) is 5.73 Å². The van der Waals surface area contributed by atoms with Gasteiger partial charge in [-0.1, -0.05) is 31.2 Å². The average molecular weight is 266 g/mol. The van der Waals surface area contributed by atoms with Crippen molar-refractivity contribution in [2.45, 2.75) is 26.4 Å². The molecular formula is C16H18N4. The number of fused-ring (bicyclic) bond motifs is 1. The summed E-state index contributed by atoms with van der Waals surface area (Å²) in [5.74, 6) is 0.873. The maximum absolute atomic E-state index is 5.80. The van der Waals surface area contributed by atoms with Gasteiger partial charge >= 0.3 is 0 Å². The van der Waals surface area contributed by atoms with Gasteiger partial charge in [0.05, 0.1) is 13.1 Å². The molecule has 0 atom stereocenters. The highest BCUT2D eigenvalue weighted by molar-refractivity contribution is 5.71. The first-order valence-electron chi connectivity index (χ1n) is 6.90. The van der Waals surface area contributed by atoms with E-state index in [1.807, 2.05) is 12.1 Å². The van der Waals surface area contributed by atoms with Crippen LogP contribution in [0, 0.1) is 0 Å². The van der Waals surface area contributed by atoms with Crippen molar-refractivity contribution >= 4 is 11.2 Å². The standard InChI is InChI=1S/C16H18N4/c1-2-12-5-7-13(8-6-12)11-20-15(10-17)19-14-4-3-9-18-16(14)20/h3-9H,2,10-11,17H2,1H3. The number of aryl methyl sites for hydroxylation is 1. The number of nitrogens with zero attached hydrogens (tertiary/aromatic N) is 3. The van der Waals surface area contributed by atoms with Gasteiger partial charge in [0.2, 0.25) is 0 Å². The lowest BCUT2D eigenvalue weighted by atomic mass is 10.1. The molecule has 0 fully saturated rings. The molecule has 4 nitrogen and oxygen atoms in total. The Morgan fingerprint density at radius 1 is 1.10 bits per heavy atom. The minimum atomic E-state index is 0.420. The van der Waals surface area contributed by atoms with Gasteiger partial charge in [-0.25, -0.2) is 9.97 Å². The van der Waals surface area contributed by atoms with Crippen LogP contribution in [0.3, 0.4) is 0 Å². The van der Waals surface area contributed by atoms with Gasteiger partial charge in [-0.15, -0.1) is 0 Å². The minimum absolute atomic E-state index is 0.420. The molecule has 1 aromatic carbocycles. The van der Waals surface area contributed by atoms with Crippen molar-refractivity contribution in [2.75, 3.05) is 0 Å². The number of aromatic nitrogens is 3. The fourth-order valence-electron chi connectivity index (χ4n) is 2.39. The van der Waals surface area contributed by atoms with E-state index in [0.717, 1.165) is 30.0 Å². The van der Waals surface area contributed by atoms with Crippen LogP contribution < -0.4 is 5.73 Å². The van der Waals surface area contributed by atoms with Crippen molar-refractivity contribution in [3.05, 3.63) is 59.5 Å². The third-order valence-corrected chi connectivity index (χ3v) is 3.54. The van der Waals surface area contributed by atoms with Gasteiger partial charge in [0, 0.05) is 6.20 Å². The smallest absolute Gasteiger partial charge is 0.160 e. The summed E-state index contributed by atoms with van der Waals surface area (Å²) in [6, 6.07) is 12.5. The van der Waals surface area contributed by atoms with Crippen LogP contribution in [-0.2, 0) is 19.5 Å². The molecule has 3 rings (SSSR count). The zero-order valence-electron chi connectivity index (χ0n) is 11.6. The van der Waals surface area contributed by atoms with Crippen molar-refractivity contribution in [1.29, 1.82) is 0 Å². The Morgan fingerprint density at radius 2 is 1.85 bits per heavy atom. The molecule has 0 spiro atoms. The minimum Gasteiger partial charge on any atom is -0.324 e. The molecule has 0 aliphatic carbocycles. The van der Waals surface area contributed by atoms with Crippen molar-refractivity contribution in [3.8, 4) is 0 Å². The van der Waals surface area contributed by atoms with E-state index >= 15 is 0 Å². The molecule has 2 heterocycles. The number of hydrogen-bond donors (Lipinski definition) is 1. The van der Waals surface area contributed by atoms with Gasteiger partial charge in [0.1, 0.15) is 11.3 Å². The van der Waals surface area contributed by atoms with E-state index < -0.39 is 0 Å². The number of benzene rings is 1. The van der Waals surface area contributed by atoms with E-state index in [2.05, 4.69) is 45.7 Å². The lowest BCUT2D eigenvalue weighted by Crippen LogP contribution is -2.09. The molecule has 0 amide bonds. The molecule has 2 N–H and O–H groups in total. The Balaban J connectivity index is 2.00. The van der Waals surface area contributed by atoms with Gasteiger partial charge in [-0.3, -0.25) is 0 Å². The first-order valence-corrected chi connectivity index (χ1v) is 6.90. The Labute approximate surface area is 118 Å². The molecule has 4 heteroatoms. The molecule has 0 radical (unpaired) electrons. The van der Waals surface area contributed by atoms with Gasteiger partial charge < -0.3 is 10.3 Å². The van der Waals surface area contributed by atoms with E-state index in [9.17, 15) is 0 Å². The predicted octanol–water partition coefficient (Wildman–Crippen LogP) is 2.50. The molecule has 0 aliphatic rings. The molecule has 102 valence electrons. The fourth-order valence-corrected chi connectivity index (χ4v) is 2.39. The number of pyridine rings is 1. The third kappa shape index (κ3) is 2.30. The fraction of sp³-hybridized carbons (Fsp3) is 0.250. The zero-order valence-corrected chi connectivity index (χ0v) is 11.6. The maximum atomic E-state index is 5.80. The Kier molecular flexibility index (Phi) is 3.48. The monoisotopic (exact) mass is 266 g/mol. The molecule has 2 aromatic heterocycles. The van der Waals surface area contributed by atoms with Crippen LogP contribution in [0.2, 0.25) is 0 Å². The second kappa shape index (κ2) is 5.43. The summed E-state index contributed by atoms with van der Waals surface area (Å²) in [5.41, 5.74) is 10.2. The lowest BCUT2D eigenvalue weighted by Gasteiger charge is -2.08. The molecule has 20 heavy (non-hydrogen) atoms. The highest BCUT2D eigenvalue weighted by Crippen LogP contribution is 2.16. The van der Waals surface area contributed by atoms with Gasteiger partial charge in [-0.05, 0) is 29.7 Å². The zero-order chi connectivity index (χ0) is 13.9. The summed E-state index contributed by atoms with van der Waals surface area (Å²) in [6.07, 6.45) is 2.85. The van der Waals surface area contributed by atoms with Gasteiger partial charge in [0.25, 0.3) is 0 Å². The number of rotatable bonds is 4. The van der Waals surface area contributed by atoms with E-state index in [1.165, 1.54) is 11.1 Å². The normalized spacial score (nSPS) is 11.1. The Morgan fingerprint density at radius 3 is 2.55 bits per heavy atom. The largest absolute Gasteiger partial charge is 0.324 e. The summed E-state index contributed by atoms with van der Waals surface area (Å²) < 4.78 is 2.09. The van der Waals surface area contributed by atoms with E-state index in [-0.39, 0.29) is 0 Å². The van der Waals surface area contributed by atoms with Crippen LogP contribution in [0.4, 0.5) is 0 Å². The highest BCUT2D eigenvalue weighted by Gasteiger charge is 2.10. The number of imidazole rings is 1. The molecule has 0 bridgehead atoms. The summed E-state index contributed by atoms with van der Waals surface area (Å²) in [4.78, 5) is 8.96. The van der Waals surface area contributed by atoms with Crippen LogP contribution in [0.1, 0.15) is 23.9 Å². The highest BCUT2D eigenvalue weighted by atomic mass is 15.1. The third-order valence-electron chi connectivity index (χ3n) is 3.54. The van der Waals surface area contributed by atoms with Gasteiger partial charge in [0.15, 0.2) is 5.65 Å². The van der Waals surface area contributed by atoms with Crippen LogP contribution in [0.5, 0.6) is 0 Å². The molecule has 0 unspecified atom stereocenters. The second-order valence-electron chi connectivity index (χ2n) is 4.83. The van der Waals surface area contributed by atoms with Crippen LogP contribution in [0.15, 0.2) is 42.6 Å². The van der Waals surface area contributed by atoms with Crippen LogP contribution in [0.25, 0.3) is 11.2 Å². The van der Waals surface area contributed by atoms with E-state index in [0.29, 0.717) is 6.54 Å². The molecule has 0 saturated heterocycles. The topological polar surface area (TPSA) is 56.7 Å². The Bertz CT molecular complexity index is 713. The molecule has 0 saturated carbocycles. The van der Waals surface area contributed by atoms with Crippen molar-refractivity contribution in [2.24, 2.45) is 5.73 Å². The number of hydrogen-bond acceptors (Lipinski definition) is 3. The van der Waals surface area contributed by atoms with Crippen molar-refractivity contribution in [3.63, 3.8) is 0 Å². The summed E-state index contributed by atoms with van der Waals surface area (Å²) in [5, 5.41) is 0. The summed E-state index contributed by atoms with van der Waals surface area (Å²) in [7, 11) is 0. The average Bonchev–Trinajstić information content (AvgIpc) is 2.86. The van der Waals surface area contributed by atoms with Crippen molar-refractivity contribution < 1.29 is 0 Å².